The molecule has 0 unspecified atom stereocenters. The number of carbonyl (C=O) groups is 1. The van der Waals surface area contributed by atoms with Gasteiger partial charge in [0.25, 0.3) is 5.56 Å². The van der Waals surface area contributed by atoms with Crippen molar-refractivity contribution in [2.45, 2.75) is 69.9 Å². The van der Waals surface area contributed by atoms with Gasteiger partial charge in [0, 0.05) is 17.7 Å². The van der Waals surface area contributed by atoms with Crippen LogP contribution in [0.15, 0.2) is 23.1 Å². The molecule has 1 aliphatic heterocycles. The van der Waals surface area contributed by atoms with Crippen molar-refractivity contribution in [3.63, 3.8) is 0 Å². The number of aliphatic hydroxyl groups excluding tert-OH is 2. The highest BCUT2D eigenvalue weighted by molar-refractivity contribution is 6.01. The Kier molecular flexibility index (Phi) is 4.92. The third-order valence-electron chi connectivity index (χ3n) is 8.21. The van der Waals surface area contributed by atoms with Crippen LogP contribution >= 0.6 is 0 Å². The van der Waals surface area contributed by atoms with Crippen molar-refractivity contribution in [2.75, 3.05) is 0 Å². The number of pyridine rings is 1. The molecule has 2 fully saturated rings. The molecule has 5 rings (SSSR count). The molecule has 1 aromatic heterocycles. The number of aliphatic hydroxyl groups is 3. The molecule has 9 atom stereocenters. The van der Waals surface area contributed by atoms with Gasteiger partial charge in [0.1, 0.15) is 23.0 Å². The van der Waals surface area contributed by atoms with E-state index >= 15 is 0 Å². The van der Waals surface area contributed by atoms with Crippen LogP contribution in [0.3, 0.4) is 0 Å². The van der Waals surface area contributed by atoms with Crippen LogP contribution in [0.4, 0.5) is 0 Å². The van der Waals surface area contributed by atoms with Crippen molar-refractivity contribution in [3.8, 4) is 5.75 Å². The first-order valence-electron chi connectivity index (χ1n) is 11.5. The fourth-order valence-corrected chi connectivity index (χ4v) is 6.47. The van der Waals surface area contributed by atoms with Gasteiger partial charge in [-0.3, -0.25) is 9.59 Å². The highest BCUT2D eigenvalue weighted by Crippen LogP contribution is 2.51. The van der Waals surface area contributed by atoms with E-state index < -0.39 is 29.5 Å². The number of carbonyl (C=O) groups excluding carboxylic acids is 1. The zero-order chi connectivity index (χ0) is 22.1. The van der Waals surface area contributed by atoms with Crippen LogP contribution in [0.25, 0.3) is 0 Å². The number of hydrogen-bond donors (Lipinski definition) is 4. The molecule has 0 spiro atoms. The molecule has 4 aliphatic rings. The first-order chi connectivity index (χ1) is 14.7. The predicted octanol–water partition coefficient (Wildman–Crippen LogP) is 1.90. The lowest BCUT2D eigenvalue weighted by Gasteiger charge is -2.42. The van der Waals surface area contributed by atoms with Gasteiger partial charge >= 0.3 is 0 Å². The molecule has 2 saturated carbocycles. The van der Waals surface area contributed by atoms with Crippen molar-refractivity contribution in [2.24, 2.45) is 29.6 Å². The molecule has 31 heavy (non-hydrogen) atoms. The Morgan fingerprint density at radius 3 is 2.74 bits per heavy atom. The minimum absolute atomic E-state index is 0.00316. The van der Waals surface area contributed by atoms with Crippen LogP contribution in [-0.4, -0.2) is 44.4 Å². The second-order valence-electron chi connectivity index (χ2n) is 10.2. The summed E-state index contributed by atoms with van der Waals surface area (Å²) < 4.78 is 5.89. The number of nitrogens with one attached hydrogen (secondary N) is 1. The SMILES string of the molecule is C[C@@H]1CC[C@H]2[C@H](C(=O)c3c4c(c[nH]c3=O)[C@@]3(O)CC[C@@H](O)[C@@H](O)[C@@H]3O4)[C@H](C)C=C[C@@H]2C1. The second-order valence-corrected chi connectivity index (χ2v) is 10.2. The maximum atomic E-state index is 13.9. The topological polar surface area (TPSA) is 120 Å². The number of allylic oxidation sites excluding steroid dienone is 2. The van der Waals surface area contributed by atoms with E-state index in [1.54, 1.807) is 0 Å². The third kappa shape index (κ3) is 3.04. The smallest absolute Gasteiger partial charge is 0.262 e. The quantitative estimate of drug-likeness (QED) is 0.421. The highest BCUT2D eigenvalue weighted by atomic mass is 16.5. The van der Waals surface area contributed by atoms with Gasteiger partial charge in [-0.15, -0.1) is 0 Å². The van der Waals surface area contributed by atoms with E-state index in [2.05, 4.69) is 24.1 Å². The van der Waals surface area contributed by atoms with Crippen LogP contribution in [-0.2, 0) is 5.60 Å². The summed E-state index contributed by atoms with van der Waals surface area (Å²) in [6, 6.07) is 0. The van der Waals surface area contributed by atoms with E-state index in [9.17, 15) is 24.9 Å². The average molecular weight is 430 g/mol. The lowest BCUT2D eigenvalue weighted by molar-refractivity contribution is -0.163. The number of rotatable bonds is 2. The van der Waals surface area contributed by atoms with Crippen LogP contribution in [0.1, 0.15) is 61.9 Å². The van der Waals surface area contributed by atoms with E-state index in [4.69, 9.17) is 4.74 Å². The van der Waals surface area contributed by atoms with Gasteiger partial charge in [0.2, 0.25) is 0 Å². The molecule has 0 radical (unpaired) electrons. The molecule has 0 aromatic carbocycles. The summed E-state index contributed by atoms with van der Waals surface area (Å²) >= 11 is 0. The number of fused-ring (bicyclic) bond motifs is 4. The molecule has 0 bridgehead atoms. The van der Waals surface area contributed by atoms with Crippen molar-refractivity contribution < 1.29 is 24.9 Å². The molecule has 4 N–H and O–H groups in total. The Labute approximate surface area is 181 Å². The van der Waals surface area contributed by atoms with Crippen LogP contribution < -0.4 is 10.3 Å². The first-order valence-corrected chi connectivity index (χ1v) is 11.5. The summed E-state index contributed by atoms with van der Waals surface area (Å²) in [5.41, 5.74) is -1.83. The molecule has 3 aliphatic carbocycles. The van der Waals surface area contributed by atoms with Gasteiger partial charge in [-0.25, -0.2) is 0 Å². The maximum Gasteiger partial charge on any atom is 0.262 e. The van der Waals surface area contributed by atoms with Crippen molar-refractivity contribution in [1.82, 2.24) is 4.98 Å². The summed E-state index contributed by atoms with van der Waals surface area (Å²) in [7, 11) is 0. The summed E-state index contributed by atoms with van der Waals surface area (Å²) in [6.45, 7) is 4.25. The fourth-order valence-electron chi connectivity index (χ4n) is 6.47. The summed E-state index contributed by atoms with van der Waals surface area (Å²) in [6.07, 6.45) is 5.71. The normalized spacial score (nSPS) is 43.5. The molecule has 7 nitrogen and oxygen atoms in total. The minimum Gasteiger partial charge on any atom is -0.483 e. The molecule has 168 valence electrons. The Hall–Kier alpha value is -1.96. The number of hydrogen-bond acceptors (Lipinski definition) is 6. The Morgan fingerprint density at radius 2 is 1.97 bits per heavy atom. The number of aromatic nitrogens is 1. The van der Waals surface area contributed by atoms with E-state index in [0.717, 1.165) is 19.3 Å². The second kappa shape index (κ2) is 7.29. The Bertz CT molecular complexity index is 985. The minimum atomic E-state index is -1.55. The zero-order valence-corrected chi connectivity index (χ0v) is 18.0. The molecule has 0 saturated heterocycles. The molecule has 7 heteroatoms. The average Bonchev–Trinajstić information content (AvgIpc) is 3.04. The number of H-pyrrole nitrogens is 1. The van der Waals surface area contributed by atoms with Crippen molar-refractivity contribution >= 4 is 5.78 Å². The van der Waals surface area contributed by atoms with E-state index in [-0.39, 0.29) is 47.7 Å². The van der Waals surface area contributed by atoms with E-state index in [0.29, 0.717) is 17.4 Å². The lowest BCUT2D eigenvalue weighted by Crippen LogP contribution is -2.55. The van der Waals surface area contributed by atoms with Gasteiger partial charge in [0.05, 0.1) is 6.10 Å². The van der Waals surface area contributed by atoms with Gasteiger partial charge in [0.15, 0.2) is 11.9 Å². The fraction of sp³-hybridized carbons (Fsp3) is 0.667. The molecule has 2 heterocycles. The molecular formula is C24H31NO6. The van der Waals surface area contributed by atoms with Gasteiger partial charge in [-0.05, 0) is 49.4 Å². The number of ketones is 1. The Morgan fingerprint density at radius 1 is 1.19 bits per heavy atom. The third-order valence-corrected chi connectivity index (χ3v) is 8.21. The largest absolute Gasteiger partial charge is 0.483 e. The van der Waals surface area contributed by atoms with E-state index in [1.165, 1.54) is 6.20 Å². The van der Waals surface area contributed by atoms with Crippen molar-refractivity contribution in [3.05, 3.63) is 39.8 Å². The maximum absolute atomic E-state index is 13.9. The number of Topliss-reactive ketones (excluding diaryl/α,β-unsaturated/α-hetero) is 1. The van der Waals surface area contributed by atoms with Crippen molar-refractivity contribution in [1.29, 1.82) is 0 Å². The zero-order valence-electron chi connectivity index (χ0n) is 18.0. The highest BCUT2D eigenvalue weighted by Gasteiger charge is 2.57. The van der Waals surface area contributed by atoms with Gasteiger partial charge in [-0.2, -0.15) is 0 Å². The van der Waals surface area contributed by atoms with Crippen LogP contribution in [0.2, 0.25) is 0 Å². The molecule has 1 aromatic rings. The lowest BCUT2D eigenvalue weighted by atomic mass is 9.61. The first kappa shape index (κ1) is 20.9. The summed E-state index contributed by atoms with van der Waals surface area (Å²) in [5.74, 6) is 0.609. The van der Waals surface area contributed by atoms with Gasteiger partial charge in [-0.1, -0.05) is 32.4 Å². The molecular weight excluding hydrogens is 398 g/mol. The summed E-state index contributed by atoms with van der Waals surface area (Å²) in [5, 5.41) is 31.8. The standard InChI is InChI=1S/C24H31NO6/c1-11-3-6-14-13(9-11)5-4-12(2)17(14)20(28)18-21-15(10-25-23(18)29)24(30)8-7-16(26)19(27)22(24)31-21/h4-5,10-14,16-17,19,22,26-27,30H,3,6-9H2,1-2H3,(H,25,29)/t11-,12-,13-,14-,16-,17-,19-,22+,24+/m1/s1. The van der Waals surface area contributed by atoms with E-state index in [1.807, 2.05) is 6.92 Å². The predicted molar refractivity (Wildman–Crippen MR) is 113 cm³/mol. The summed E-state index contributed by atoms with van der Waals surface area (Å²) in [4.78, 5) is 29.3. The van der Waals surface area contributed by atoms with Gasteiger partial charge < -0.3 is 25.0 Å². The molecule has 0 amide bonds. The Balaban J connectivity index is 1.56. The monoisotopic (exact) mass is 429 g/mol. The number of ether oxygens (including phenoxy) is 1. The van der Waals surface area contributed by atoms with Crippen LogP contribution in [0.5, 0.6) is 5.75 Å². The number of aromatic amines is 1. The van der Waals surface area contributed by atoms with Crippen LogP contribution in [0, 0.1) is 29.6 Å².